The summed E-state index contributed by atoms with van der Waals surface area (Å²) in [6, 6.07) is 7.77. The van der Waals surface area contributed by atoms with Crippen LogP contribution in [0.3, 0.4) is 0 Å². The van der Waals surface area contributed by atoms with Gasteiger partial charge in [-0.25, -0.2) is 4.98 Å². The number of amides is 2. The largest absolute Gasteiger partial charge is 0.381 e. The van der Waals surface area contributed by atoms with Gasteiger partial charge in [-0.2, -0.15) is 0 Å². The van der Waals surface area contributed by atoms with Crippen LogP contribution < -0.4 is 10.6 Å². The molecule has 1 aromatic carbocycles. The van der Waals surface area contributed by atoms with E-state index in [1.54, 1.807) is 5.38 Å². The summed E-state index contributed by atoms with van der Waals surface area (Å²) in [6.07, 6.45) is 1.61. The second-order valence-corrected chi connectivity index (χ2v) is 7.60. The number of aromatic nitrogens is 1. The number of carbonyl (C=O) groups is 2. The number of thiazole rings is 1. The lowest BCUT2D eigenvalue weighted by Gasteiger charge is -2.38. The van der Waals surface area contributed by atoms with Gasteiger partial charge in [0.05, 0.1) is 0 Å². The molecule has 1 fully saturated rings. The average molecular weight is 394 g/mol. The molecule has 1 aromatic heterocycles. The molecule has 138 valence electrons. The van der Waals surface area contributed by atoms with Crippen molar-refractivity contribution in [2.45, 2.75) is 25.2 Å². The number of halogens is 1. The third kappa shape index (κ3) is 4.41. The highest BCUT2D eigenvalue weighted by Crippen LogP contribution is 2.35. The highest BCUT2D eigenvalue weighted by molar-refractivity contribution is 7.14. The number of hydrogen-bond donors (Lipinski definition) is 2. The summed E-state index contributed by atoms with van der Waals surface area (Å²) in [7, 11) is 0. The molecule has 1 aliphatic heterocycles. The minimum atomic E-state index is -0.259. The summed E-state index contributed by atoms with van der Waals surface area (Å²) >= 11 is 7.39. The maximum Gasteiger partial charge on any atom is 0.270 e. The van der Waals surface area contributed by atoms with Crippen molar-refractivity contribution in [2.24, 2.45) is 0 Å². The van der Waals surface area contributed by atoms with Crippen LogP contribution in [0.15, 0.2) is 29.6 Å². The molecule has 26 heavy (non-hydrogen) atoms. The van der Waals surface area contributed by atoms with Crippen molar-refractivity contribution in [1.82, 2.24) is 10.3 Å². The molecule has 0 unspecified atom stereocenters. The third-order valence-corrected chi connectivity index (χ3v) is 5.49. The lowest BCUT2D eigenvalue weighted by molar-refractivity contribution is -0.114. The van der Waals surface area contributed by atoms with Gasteiger partial charge in [-0.05, 0) is 30.5 Å². The third-order valence-electron chi connectivity index (χ3n) is 4.49. The molecule has 0 saturated carbocycles. The Morgan fingerprint density at radius 2 is 2.12 bits per heavy atom. The molecule has 2 heterocycles. The number of nitrogens with one attached hydrogen (secondary N) is 2. The molecule has 1 aliphatic rings. The Labute approximate surface area is 160 Å². The normalized spacial score (nSPS) is 16.1. The summed E-state index contributed by atoms with van der Waals surface area (Å²) in [5.41, 5.74) is 1.19. The lowest BCUT2D eigenvalue weighted by Crippen LogP contribution is -2.44. The highest BCUT2D eigenvalue weighted by Gasteiger charge is 2.35. The summed E-state index contributed by atoms with van der Waals surface area (Å²) in [5, 5.41) is 8.30. The minimum absolute atomic E-state index is 0.213. The Morgan fingerprint density at radius 3 is 2.81 bits per heavy atom. The fraction of sp³-hybridized carbons (Fsp3) is 0.389. The van der Waals surface area contributed by atoms with Crippen molar-refractivity contribution < 1.29 is 14.3 Å². The van der Waals surface area contributed by atoms with Gasteiger partial charge in [0.15, 0.2) is 5.13 Å². The zero-order valence-corrected chi connectivity index (χ0v) is 16.0. The Morgan fingerprint density at radius 1 is 1.35 bits per heavy atom. The van der Waals surface area contributed by atoms with Gasteiger partial charge in [-0.1, -0.05) is 23.7 Å². The second kappa shape index (κ2) is 8.16. The quantitative estimate of drug-likeness (QED) is 0.817. The van der Waals surface area contributed by atoms with Gasteiger partial charge in [0, 0.05) is 42.5 Å². The Kier molecular flexibility index (Phi) is 5.90. The van der Waals surface area contributed by atoms with Crippen molar-refractivity contribution in [1.29, 1.82) is 0 Å². The van der Waals surface area contributed by atoms with E-state index in [9.17, 15) is 9.59 Å². The van der Waals surface area contributed by atoms with E-state index in [2.05, 4.69) is 15.6 Å². The number of benzene rings is 1. The van der Waals surface area contributed by atoms with Crippen LogP contribution in [0.2, 0.25) is 5.02 Å². The van der Waals surface area contributed by atoms with Gasteiger partial charge >= 0.3 is 0 Å². The number of rotatable bonds is 5. The number of carbonyl (C=O) groups excluding carboxylic acids is 2. The zero-order chi connectivity index (χ0) is 18.6. The van der Waals surface area contributed by atoms with Crippen LogP contribution >= 0.6 is 22.9 Å². The monoisotopic (exact) mass is 393 g/mol. The maximum atomic E-state index is 12.5. The Hall–Kier alpha value is -1.96. The number of ether oxygens (including phenoxy) is 1. The van der Waals surface area contributed by atoms with E-state index in [0.717, 1.165) is 18.4 Å². The van der Waals surface area contributed by atoms with Crippen molar-refractivity contribution in [3.05, 3.63) is 45.9 Å². The number of hydrogen-bond acceptors (Lipinski definition) is 5. The van der Waals surface area contributed by atoms with Gasteiger partial charge in [-0.3, -0.25) is 9.59 Å². The van der Waals surface area contributed by atoms with Crippen molar-refractivity contribution >= 4 is 39.9 Å². The van der Waals surface area contributed by atoms with Crippen molar-refractivity contribution in [3.8, 4) is 0 Å². The van der Waals surface area contributed by atoms with E-state index >= 15 is 0 Å². The molecule has 0 radical (unpaired) electrons. The van der Waals surface area contributed by atoms with E-state index in [0.29, 0.717) is 35.6 Å². The molecule has 2 aromatic rings. The molecule has 0 spiro atoms. The first-order chi connectivity index (χ1) is 12.5. The van der Waals surface area contributed by atoms with E-state index < -0.39 is 0 Å². The minimum Gasteiger partial charge on any atom is -0.381 e. The van der Waals surface area contributed by atoms with Gasteiger partial charge < -0.3 is 15.4 Å². The molecular weight excluding hydrogens is 374 g/mol. The van der Waals surface area contributed by atoms with E-state index in [-0.39, 0.29) is 17.2 Å². The highest BCUT2D eigenvalue weighted by atomic mass is 35.5. The predicted molar refractivity (Wildman–Crippen MR) is 102 cm³/mol. The molecule has 2 N–H and O–H groups in total. The maximum absolute atomic E-state index is 12.5. The van der Waals surface area contributed by atoms with E-state index in [1.807, 2.05) is 24.3 Å². The van der Waals surface area contributed by atoms with Gasteiger partial charge in [-0.15, -0.1) is 11.3 Å². The topological polar surface area (TPSA) is 80.3 Å². The Bertz CT molecular complexity index is 802. The molecule has 0 aliphatic carbocycles. The van der Waals surface area contributed by atoms with Crippen LogP contribution in [0.4, 0.5) is 5.13 Å². The predicted octanol–water partition coefficient (Wildman–Crippen LogP) is 3.23. The molecule has 2 amide bonds. The molecule has 8 heteroatoms. The molecule has 6 nitrogen and oxygen atoms in total. The van der Waals surface area contributed by atoms with Crippen LogP contribution in [0.25, 0.3) is 0 Å². The number of nitrogens with zero attached hydrogens (tertiary/aromatic N) is 1. The van der Waals surface area contributed by atoms with Crippen molar-refractivity contribution in [2.75, 3.05) is 25.1 Å². The molecule has 0 atom stereocenters. The summed E-state index contributed by atoms with van der Waals surface area (Å²) in [6.45, 7) is 3.17. The first-order valence-corrected chi connectivity index (χ1v) is 9.59. The van der Waals surface area contributed by atoms with Gasteiger partial charge in [0.1, 0.15) is 5.69 Å². The summed E-state index contributed by atoms with van der Waals surface area (Å²) in [4.78, 5) is 27.7. The van der Waals surface area contributed by atoms with Gasteiger partial charge in [0.2, 0.25) is 5.91 Å². The standard InChI is InChI=1S/C18H20ClN3O3S/c1-12(23)21-17-22-15(10-26-17)16(24)20-11-18(5-7-25-8-6-18)13-3-2-4-14(19)9-13/h2-4,9-10H,5-8,11H2,1H3,(H,20,24)(H,21,22,23). The van der Waals surface area contributed by atoms with E-state index in [1.165, 1.54) is 18.3 Å². The van der Waals surface area contributed by atoms with Crippen LogP contribution in [-0.2, 0) is 14.9 Å². The second-order valence-electron chi connectivity index (χ2n) is 6.30. The fourth-order valence-electron chi connectivity index (χ4n) is 3.07. The van der Waals surface area contributed by atoms with Gasteiger partial charge in [0.25, 0.3) is 5.91 Å². The molecule has 1 saturated heterocycles. The smallest absolute Gasteiger partial charge is 0.270 e. The molecule has 0 bridgehead atoms. The van der Waals surface area contributed by atoms with Crippen LogP contribution in [-0.4, -0.2) is 36.6 Å². The Balaban J connectivity index is 1.72. The fourth-order valence-corrected chi connectivity index (χ4v) is 4.00. The number of anilines is 1. The molecular formula is C18H20ClN3O3S. The summed E-state index contributed by atoms with van der Waals surface area (Å²) in [5.74, 6) is -0.473. The van der Waals surface area contributed by atoms with Crippen LogP contribution in [0, 0.1) is 0 Å². The average Bonchev–Trinajstić information content (AvgIpc) is 3.08. The van der Waals surface area contributed by atoms with Crippen LogP contribution in [0.1, 0.15) is 35.8 Å². The van der Waals surface area contributed by atoms with E-state index in [4.69, 9.17) is 16.3 Å². The lowest BCUT2D eigenvalue weighted by atomic mass is 9.74. The zero-order valence-electron chi connectivity index (χ0n) is 14.4. The van der Waals surface area contributed by atoms with Crippen molar-refractivity contribution in [3.63, 3.8) is 0 Å². The van der Waals surface area contributed by atoms with Crippen LogP contribution in [0.5, 0.6) is 0 Å². The first kappa shape index (κ1) is 18.8. The molecule has 3 rings (SSSR count). The SMILES string of the molecule is CC(=O)Nc1nc(C(=O)NCC2(c3cccc(Cl)c3)CCOCC2)cs1. The summed E-state index contributed by atoms with van der Waals surface area (Å²) < 4.78 is 5.51. The first-order valence-electron chi connectivity index (χ1n) is 8.34.